The van der Waals surface area contributed by atoms with Crippen molar-refractivity contribution in [2.45, 2.75) is 6.92 Å². The van der Waals surface area contributed by atoms with E-state index in [4.69, 9.17) is 27.9 Å². The van der Waals surface area contributed by atoms with E-state index in [1.165, 1.54) is 24.5 Å². The zero-order valence-electron chi connectivity index (χ0n) is 14.9. The summed E-state index contributed by atoms with van der Waals surface area (Å²) in [6, 6.07) is 4.09. The van der Waals surface area contributed by atoms with Crippen molar-refractivity contribution in [1.29, 1.82) is 0 Å². The van der Waals surface area contributed by atoms with Crippen molar-refractivity contribution in [2.24, 2.45) is 0 Å². The van der Waals surface area contributed by atoms with Crippen molar-refractivity contribution in [3.05, 3.63) is 50.1 Å². The van der Waals surface area contributed by atoms with Gasteiger partial charge >= 0.3 is 18.0 Å². The lowest BCUT2D eigenvalue weighted by Crippen LogP contribution is -2.20. The highest BCUT2D eigenvalue weighted by atomic mass is 35.5. The normalized spacial score (nSPS) is 10.9. The molecule has 1 aromatic carbocycles. The molecule has 0 saturated carbocycles. The standard InChI is InChI=1S/C18H16Cl2N2O5S/c1-3-27-17(24)14(20)7-10-6-11(4-5-13(10)19)21-18(25)22-15-9-28-8-12(15)16(23)26-2/h4-9H,3H2,1-2H3,(H2,21,22,25). The summed E-state index contributed by atoms with van der Waals surface area (Å²) >= 11 is 13.3. The van der Waals surface area contributed by atoms with E-state index in [-0.39, 0.29) is 17.2 Å². The van der Waals surface area contributed by atoms with E-state index in [2.05, 4.69) is 15.4 Å². The molecular formula is C18H16Cl2N2O5S. The molecule has 2 aromatic rings. The molecule has 28 heavy (non-hydrogen) atoms. The summed E-state index contributed by atoms with van der Waals surface area (Å²) in [4.78, 5) is 35.5. The molecule has 2 rings (SSSR count). The molecule has 1 heterocycles. The van der Waals surface area contributed by atoms with Crippen molar-refractivity contribution >= 4 is 70.0 Å². The maximum atomic E-state index is 12.2. The predicted molar refractivity (Wildman–Crippen MR) is 110 cm³/mol. The molecule has 0 spiro atoms. The monoisotopic (exact) mass is 442 g/mol. The van der Waals surface area contributed by atoms with E-state index < -0.39 is 18.0 Å². The summed E-state index contributed by atoms with van der Waals surface area (Å²) < 4.78 is 9.47. The minimum atomic E-state index is -0.677. The lowest BCUT2D eigenvalue weighted by Gasteiger charge is -2.09. The maximum absolute atomic E-state index is 12.2. The van der Waals surface area contributed by atoms with Crippen LogP contribution in [-0.2, 0) is 14.3 Å². The fourth-order valence-electron chi connectivity index (χ4n) is 2.07. The molecule has 0 fully saturated rings. The summed E-state index contributed by atoms with van der Waals surface area (Å²) in [7, 11) is 1.26. The zero-order valence-corrected chi connectivity index (χ0v) is 17.2. The molecule has 0 radical (unpaired) electrons. The third-order valence-electron chi connectivity index (χ3n) is 3.32. The second-order valence-corrected chi connectivity index (χ2v) is 6.78. The van der Waals surface area contributed by atoms with Crippen LogP contribution >= 0.6 is 34.5 Å². The Morgan fingerprint density at radius 1 is 1.21 bits per heavy atom. The maximum Gasteiger partial charge on any atom is 0.349 e. The van der Waals surface area contributed by atoms with Gasteiger partial charge in [0.2, 0.25) is 0 Å². The van der Waals surface area contributed by atoms with Crippen LogP contribution in [0.5, 0.6) is 0 Å². The summed E-state index contributed by atoms with van der Waals surface area (Å²) in [5.41, 5.74) is 1.40. The molecule has 148 valence electrons. The number of ether oxygens (including phenoxy) is 2. The van der Waals surface area contributed by atoms with E-state index >= 15 is 0 Å². The van der Waals surface area contributed by atoms with Gasteiger partial charge in [0.25, 0.3) is 0 Å². The molecule has 10 heteroatoms. The Kier molecular flexibility index (Phi) is 7.86. The second-order valence-electron chi connectivity index (χ2n) is 5.22. The molecule has 0 atom stereocenters. The third-order valence-corrected chi connectivity index (χ3v) is 4.67. The molecule has 2 N–H and O–H groups in total. The number of hydrogen-bond acceptors (Lipinski definition) is 6. The molecule has 0 saturated heterocycles. The number of amides is 2. The number of anilines is 2. The van der Waals surface area contributed by atoms with E-state index in [9.17, 15) is 14.4 Å². The molecule has 0 aliphatic heterocycles. The van der Waals surface area contributed by atoms with Crippen molar-refractivity contribution in [3.63, 3.8) is 0 Å². The first kappa shape index (κ1) is 21.7. The van der Waals surface area contributed by atoms with Crippen molar-refractivity contribution in [1.82, 2.24) is 0 Å². The van der Waals surface area contributed by atoms with Crippen LogP contribution in [0.2, 0.25) is 5.02 Å². The van der Waals surface area contributed by atoms with Gasteiger partial charge in [0.15, 0.2) is 0 Å². The average Bonchev–Trinajstić information content (AvgIpc) is 3.11. The summed E-state index contributed by atoms with van der Waals surface area (Å²) in [5, 5.41) is 8.56. The van der Waals surface area contributed by atoms with E-state index in [0.717, 1.165) is 0 Å². The highest BCUT2D eigenvalue weighted by Crippen LogP contribution is 2.25. The number of esters is 2. The summed E-state index contributed by atoms with van der Waals surface area (Å²) in [6.07, 6.45) is 1.35. The van der Waals surface area contributed by atoms with Crippen LogP contribution in [0.1, 0.15) is 22.8 Å². The van der Waals surface area contributed by atoms with Gasteiger partial charge in [-0.1, -0.05) is 23.2 Å². The number of hydrogen-bond donors (Lipinski definition) is 2. The number of benzene rings is 1. The van der Waals surface area contributed by atoms with Gasteiger partial charge in [-0.25, -0.2) is 14.4 Å². The minimum Gasteiger partial charge on any atom is -0.465 e. The van der Waals surface area contributed by atoms with Gasteiger partial charge < -0.3 is 20.1 Å². The smallest absolute Gasteiger partial charge is 0.349 e. The topological polar surface area (TPSA) is 93.7 Å². The summed E-state index contributed by atoms with van der Waals surface area (Å²) in [5.74, 6) is -1.23. The molecular weight excluding hydrogens is 427 g/mol. The second kappa shape index (κ2) is 10.1. The van der Waals surface area contributed by atoms with Crippen LogP contribution in [0.15, 0.2) is 34.0 Å². The van der Waals surface area contributed by atoms with Gasteiger partial charge in [-0.05, 0) is 36.8 Å². The van der Waals surface area contributed by atoms with Gasteiger partial charge in [0.1, 0.15) is 5.03 Å². The minimum absolute atomic E-state index is 0.147. The molecule has 7 nitrogen and oxygen atoms in total. The Morgan fingerprint density at radius 2 is 1.96 bits per heavy atom. The number of thiophene rings is 1. The number of rotatable bonds is 6. The number of methoxy groups -OCH3 is 1. The lowest BCUT2D eigenvalue weighted by atomic mass is 10.2. The van der Waals surface area contributed by atoms with Gasteiger partial charge in [-0.15, -0.1) is 11.3 Å². The molecule has 2 amide bonds. The Bertz CT molecular complexity index is 926. The van der Waals surface area contributed by atoms with Crippen LogP contribution in [0.25, 0.3) is 6.08 Å². The van der Waals surface area contributed by atoms with Crippen LogP contribution in [0.4, 0.5) is 16.2 Å². The third kappa shape index (κ3) is 5.72. The first-order valence-corrected chi connectivity index (χ1v) is 9.62. The Hall–Kier alpha value is -2.55. The highest BCUT2D eigenvalue weighted by Gasteiger charge is 2.15. The fraction of sp³-hybridized carbons (Fsp3) is 0.167. The van der Waals surface area contributed by atoms with Crippen molar-refractivity contribution in [2.75, 3.05) is 24.4 Å². The van der Waals surface area contributed by atoms with Crippen LogP contribution in [-0.4, -0.2) is 31.7 Å². The van der Waals surface area contributed by atoms with Crippen LogP contribution in [0, 0.1) is 0 Å². The number of halogens is 2. The van der Waals surface area contributed by atoms with Gasteiger partial charge in [-0.2, -0.15) is 0 Å². The number of nitrogens with one attached hydrogen (secondary N) is 2. The van der Waals surface area contributed by atoms with Gasteiger partial charge in [-0.3, -0.25) is 0 Å². The quantitative estimate of drug-likeness (QED) is 0.486. The number of carbonyl (C=O) groups excluding carboxylic acids is 3. The van der Waals surface area contributed by atoms with Crippen molar-refractivity contribution < 1.29 is 23.9 Å². The predicted octanol–water partition coefficient (Wildman–Crippen LogP) is 4.97. The Labute approximate surface area is 175 Å². The van der Waals surface area contributed by atoms with Crippen LogP contribution < -0.4 is 10.6 Å². The molecule has 0 aliphatic carbocycles. The molecule has 0 aliphatic rings. The van der Waals surface area contributed by atoms with Gasteiger partial charge in [0.05, 0.1) is 25.0 Å². The SMILES string of the molecule is CCOC(=O)C(Cl)=Cc1cc(NC(=O)Nc2cscc2C(=O)OC)ccc1Cl. The fourth-order valence-corrected chi connectivity index (χ4v) is 3.17. The first-order chi connectivity index (χ1) is 13.3. The molecule has 1 aromatic heterocycles. The Balaban J connectivity index is 2.14. The Morgan fingerprint density at radius 3 is 2.64 bits per heavy atom. The number of urea groups is 1. The molecule has 0 unspecified atom stereocenters. The highest BCUT2D eigenvalue weighted by molar-refractivity contribution is 7.08. The average molecular weight is 443 g/mol. The van der Waals surface area contributed by atoms with Crippen LogP contribution in [0.3, 0.4) is 0 Å². The largest absolute Gasteiger partial charge is 0.465 e. The summed E-state index contributed by atoms with van der Waals surface area (Å²) in [6.45, 7) is 1.85. The van der Waals surface area contributed by atoms with E-state index in [1.807, 2.05) is 0 Å². The zero-order chi connectivity index (χ0) is 20.7. The first-order valence-electron chi connectivity index (χ1n) is 7.92. The lowest BCUT2D eigenvalue weighted by molar-refractivity contribution is -0.137. The number of carbonyl (C=O) groups is 3. The van der Waals surface area contributed by atoms with E-state index in [1.54, 1.807) is 35.9 Å². The van der Waals surface area contributed by atoms with Gasteiger partial charge in [0, 0.05) is 21.5 Å². The molecule has 0 bridgehead atoms. The van der Waals surface area contributed by atoms with E-state index in [0.29, 0.717) is 22.0 Å². The van der Waals surface area contributed by atoms with Crippen molar-refractivity contribution in [3.8, 4) is 0 Å².